The van der Waals surface area contributed by atoms with Gasteiger partial charge in [-0.15, -0.1) is 0 Å². The average molecular weight is 240 g/mol. The van der Waals surface area contributed by atoms with Gasteiger partial charge in [0.05, 0.1) is 11.6 Å². The molecule has 0 spiro atoms. The molecule has 0 heterocycles. The summed E-state index contributed by atoms with van der Waals surface area (Å²) >= 11 is 6.14. The molecule has 1 aromatic carbocycles. The Kier molecular flexibility index (Phi) is 3.72. The van der Waals surface area contributed by atoms with Crippen molar-refractivity contribution in [1.82, 2.24) is 0 Å². The molecule has 1 aliphatic rings. The van der Waals surface area contributed by atoms with Crippen LogP contribution in [0.4, 0.5) is 0 Å². The molecular formula is C13H18ClNO. The van der Waals surface area contributed by atoms with Gasteiger partial charge in [0.2, 0.25) is 0 Å². The van der Waals surface area contributed by atoms with Gasteiger partial charge in [0, 0.05) is 6.04 Å². The van der Waals surface area contributed by atoms with E-state index >= 15 is 0 Å². The highest BCUT2D eigenvalue weighted by Gasteiger charge is 2.18. The van der Waals surface area contributed by atoms with Crippen LogP contribution in [0.25, 0.3) is 0 Å². The summed E-state index contributed by atoms with van der Waals surface area (Å²) in [7, 11) is 0. The second kappa shape index (κ2) is 5.07. The first-order chi connectivity index (χ1) is 7.66. The van der Waals surface area contributed by atoms with E-state index in [9.17, 15) is 0 Å². The maximum Gasteiger partial charge on any atom is 0.137 e. The lowest BCUT2D eigenvalue weighted by Crippen LogP contribution is -2.19. The third-order valence-electron chi connectivity index (χ3n) is 3.18. The normalized spacial score (nSPS) is 17.9. The smallest absolute Gasteiger partial charge is 0.137 e. The molecule has 1 aliphatic carbocycles. The van der Waals surface area contributed by atoms with Gasteiger partial charge in [-0.25, -0.2) is 0 Å². The topological polar surface area (TPSA) is 35.2 Å². The Labute approximate surface area is 102 Å². The van der Waals surface area contributed by atoms with Crippen molar-refractivity contribution in [3.63, 3.8) is 0 Å². The molecule has 88 valence electrons. The van der Waals surface area contributed by atoms with E-state index in [2.05, 4.69) is 0 Å². The van der Waals surface area contributed by atoms with Crippen molar-refractivity contribution < 1.29 is 4.74 Å². The van der Waals surface area contributed by atoms with Gasteiger partial charge in [-0.2, -0.15) is 0 Å². The second-order valence-electron chi connectivity index (χ2n) is 4.59. The summed E-state index contributed by atoms with van der Waals surface area (Å²) < 4.78 is 5.70. The van der Waals surface area contributed by atoms with Crippen LogP contribution in [0.1, 0.15) is 37.8 Å². The summed E-state index contributed by atoms with van der Waals surface area (Å²) in [4.78, 5) is 0. The van der Waals surface area contributed by atoms with Gasteiger partial charge in [0.15, 0.2) is 0 Å². The van der Waals surface area contributed by atoms with E-state index in [1.807, 2.05) is 25.1 Å². The first kappa shape index (κ1) is 11.7. The van der Waals surface area contributed by atoms with E-state index in [-0.39, 0.29) is 6.04 Å². The van der Waals surface area contributed by atoms with Crippen LogP contribution >= 0.6 is 11.6 Å². The van der Waals surface area contributed by atoms with E-state index in [4.69, 9.17) is 22.1 Å². The van der Waals surface area contributed by atoms with Crippen LogP contribution < -0.4 is 10.5 Å². The third-order valence-corrected chi connectivity index (χ3v) is 3.48. The van der Waals surface area contributed by atoms with Gasteiger partial charge in [-0.1, -0.05) is 24.1 Å². The first-order valence-electron chi connectivity index (χ1n) is 5.84. The molecule has 0 aromatic heterocycles. The van der Waals surface area contributed by atoms with Gasteiger partial charge in [-0.05, 0) is 43.4 Å². The summed E-state index contributed by atoms with van der Waals surface area (Å²) in [6.07, 6.45) is 3.91. The maximum atomic E-state index is 6.14. The SMILES string of the molecule is C[C@@H](N)c1ccc(OCC2CCC2)c(Cl)c1. The lowest BCUT2D eigenvalue weighted by Gasteiger charge is -2.25. The van der Waals surface area contributed by atoms with E-state index in [1.54, 1.807) is 0 Å². The van der Waals surface area contributed by atoms with Crippen molar-refractivity contribution in [2.75, 3.05) is 6.61 Å². The van der Waals surface area contributed by atoms with E-state index in [1.165, 1.54) is 19.3 Å². The molecule has 0 unspecified atom stereocenters. The summed E-state index contributed by atoms with van der Waals surface area (Å²) in [5.41, 5.74) is 6.83. The predicted molar refractivity (Wildman–Crippen MR) is 66.9 cm³/mol. The number of rotatable bonds is 4. The molecule has 2 nitrogen and oxygen atoms in total. The van der Waals surface area contributed by atoms with E-state index in [0.717, 1.165) is 23.8 Å². The Bertz CT molecular complexity index is 361. The van der Waals surface area contributed by atoms with Crippen LogP contribution in [0.2, 0.25) is 5.02 Å². The first-order valence-corrected chi connectivity index (χ1v) is 6.22. The minimum Gasteiger partial charge on any atom is -0.492 e. The number of hydrogen-bond donors (Lipinski definition) is 1. The molecule has 0 radical (unpaired) electrons. The lowest BCUT2D eigenvalue weighted by molar-refractivity contribution is 0.180. The fourth-order valence-electron chi connectivity index (χ4n) is 1.78. The number of benzene rings is 1. The van der Waals surface area contributed by atoms with Gasteiger partial charge in [0.25, 0.3) is 0 Å². The largest absolute Gasteiger partial charge is 0.492 e. The van der Waals surface area contributed by atoms with Crippen molar-refractivity contribution in [2.45, 2.75) is 32.2 Å². The second-order valence-corrected chi connectivity index (χ2v) is 4.99. The predicted octanol–water partition coefficient (Wildman–Crippen LogP) is 3.54. The molecule has 0 aliphatic heterocycles. The monoisotopic (exact) mass is 239 g/mol. The fraction of sp³-hybridized carbons (Fsp3) is 0.538. The minimum absolute atomic E-state index is 0.0122. The standard InChI is InChI=1S/C13H18ClNO/c1-9(15)11-5-6-13(12(14)7-11)16-8-10-3-2-4-10/h5-7,9-10H,2-4,8,15H2,1H3/t9-/m1/s1. The fourth-order valence-corrected chi connectivity index (χ4v) is 2.03. The summed E-state index contributed by atoms with van der Waals surface area (Å²) in [6, 6.07) is 5.80. The van der Waals surface area contributed by atoms with Gasteiger partial charge in [-0.3, -0.25) is 0 Å². The molecule has 1 fully saturated rings. The molecule has 3 heteroatoms. The zero-order valence-corrected chi connectivity index (χ0v) is 10.3. The van der Waals surface area contributed by atoms with Crippen molar-refractivity contribution in [1.29, 1.82) is 0 Å². The van der Waals surface area contributed by atoms with Gasteiger partial charge < -0.3 is 10.5 Å². The van der Waals surface area contributed by atoms with Crippen LogP contribution in [-0.2, 0) is 0 Å². The zero-order valence-electron chi connectivity index (χ0n) is 9.58. The Morgan fingerprint density at radius 3 is 2.75 bits per heavy atom. The molecule has 1 aromatic rings. The molecule has 2 rings (SSSR count). The highest BCUT2D eigenvalue weighted by atomic mass is 35.5. The maximum absolute atomic E-state index is 6.14. The number of halogens is 1. The van der Waals surface area contributed by atoms with Gasteiger partial charge >= 0.3 is 0 Å². The number of hydrogen-bond acceptors (Lipinski definition) is 2. The Balaban J connectivity index is 1.98. The summed E-state index contributed by atoms with van der Waals surface area (Å²) in [5, 5.41) is 0.661. The summed E-state index contributed by atoms with van der Waals surface area (Å²) in [6.45, 7) is 2.73. The molecule has 0 amide bonds. The lowest BCUT2D eigenvalue weighted by atomic mass is 9.86. The molecular weight excluding hydrogens is 222 g/mol. The van der Waals surface area contributed by atoms with Crippen LogP contribution in [0, 0.1) is 5.92 Å². The van der Waals surface area contributed by atoms with Crippen molar-refractivity contribution in [2.24, 2.45) is 11.7 Å². The minimum atomic E-state index is 0.0122. The third kappa shape index (κ3) is 2.69. The molecule has 1 saturated carbocycles. The Hall–Kier alpha value is -0.730. The Morgan fingerprint density at radius 1 is 1.50 bits per heavy atom. The molecule has 2 N–H and O–H groups in total. The molecule has 0 saturated heterocycles. The zero-order chi connectivity index (χ0) is 11.5. The van der Waals surface area contributed by atoms with E-state index < -0.39 is 0 Å². The Morgan fingerprint density at radius 2 is 2.25 bits per heavy atom. The van der Waals surface area contributed by atoms with Crippen molar-refractivity contribution in [3.05, 3.63) is 28.8 Å². The number of nitrogens with two attached hydrogens (primary N) is 1. The number of ether oxygens (including phenoxy) is 1. The van der Waals surface area contributed by atoms with Crippen LogP contribution in [-0.4, -0.2) is 6.61 Å². The van der Waals surface area contributed by atoms with E-state index in [0.29, 0.717) is 5.02 Å². The van der Waals surface area contributed by atoms with Crippen molar-refractivity contribution in [3.8, 4) is 5.75 Å². The van der Waals surface area contributed by atoms with Crippen LogP contribution in [0.5, 0.6) is 5.75 Å². The summed E-state index contributed by atoms with van der Waals surface area (Å²) in [5.74, 6) is 1.50. The highest BCUT2D eigenvalue weighted by Crippen LogP contribution is 2.31. The molecule has 0 bridgehead atoms. The quantitative estimate of drug-likeness (QED) is 0.872. The molecule has 1 atom stereocenters. The van der Waals surface area contributed by atoms with Crippen molar-refractivity contribution >= 4 is 11.6 Å². The van der Waals surface area contributed by atoms with Crippen LogP contribution in [0.15, 0.2) is 18.2 Å². The van der Waals surface area contributed by atoms with Crippen LogP contribution in [0.3, 0.4) is 0 Å². The van der Waals surface area contributed by atoms with Gasteiger partial charge in [0.1, 0.15) is 5.75 Å². The molecule has 16 heavy (non-hydrogen) atoms. The average Bonchev–Trinajstić information content (AvgIpc) is 2.17. The highest BCUT2D eigenvalue weighted by molar-refractivity contribution is 6.32.